The van der Waals surface area contributed by atoms with Gasteiger partial charge in [-0.25, -0.2) is 0 Å². The van der Waals surface area contributed by atoms with Gasteiger partial charge < -0.3 is 0 Å². The number of benzene rings is 1. The monoisotopic (exact) mass is 258 g/mol. The molecule has 0 heterocycles. The lowest BCUT2D eigenvalue weighted by Gasteiger charge is -2.24. The molecule has 1 saturated carbocycles. The molecule has 1 unspecified atom stereocenters. The number of hydrogen-bond donors (Lipinski definition) is 2. The van der Waals surface area contributed by atoms with Crippen molar-refractivity contribution in [3.8, 4) is 0 Å². The van der Waals surface area contributed by atoms with Crippen LogP contribution in [0.3, 0.4) is 0 Å². The van der Waals surface area contributed by atoms with E-state index in [0.717, 1.165) is 10.6 Å². The number of rotatable bonds is 3. The van der Waals surface area contributed by atoms with Crippen LogP contribution in [0.15, 0.2) is 18.2 Å². The van der Waals surface area contributed by atoms with E-state index in [1.165, 1.54) is 25.7 Å². The van der Waals surface area contributed by atoms with Gasteiger partial charge >= 0.3 is 0 Å². The van der Waals surface area contributed by atoms with E-state index in [-0.39, 0.29) is 6.04 Å². The SMILES string of the molecule is NNC(c1cc(Cl)ccc1Cl)C1CCCC1. The van der Waals surface area contributed by atoms with Gasteiger partial charge in [-0.05, 0) is 42.5 Å². The Bertz CT molecular complexity index is 362. The summed E-state index contributed by atoms with van der Waals surface area (Å²) in [6.45, 7) is 0. The highest BCUT2D eigenvalue weighted by molar-refractivity contribution is 6.33. The predicted molar refractivity (Wildman–Crippen MR) is 68.5 cm³/mol. The first-order valence-electron chi connectivity index (χ1n) is 5.63. The van der Waals surface area contributed by atoms with Crippen LogP contribution in [0.1, 0.15) is 37.3 Å². The normalized spacial score (nSPS) is 18.9. The van der Waals surface area contributed by atoms with Crippen LogP contribution in [-0.4, -0.2) is 0 Å². The Morgan fingerprint density at radius 2 is 1.94 bits per heavy atom. The molecule has 1 aromatic carbocycles. The Labute approximate surface area is 106 Å². The molecule has 2 nitrogen and oxygen atoms in total. The third-order valence-corrected chi connectivity index (χ3v) is 3.92. The van der Waals surface area contributed by atoms with Crippen LogP contribution in [0.25, 0.3) is 0 Å². The fourth-order valence-electron chi connectivity index (χ4n) is 2.52. The second-order valence-corrected chi connectivity index (χ2v) is 5.20. The summed E-state index contributed by atoms with van der Waals surface area (Å²) in [7, 11) is 0. The van der Waals surface area contributed by atoms with Gasteiger partial charge in [-0.1, -0.05) is 36.0 Å². The van der Waals surface area contributed by atoms with E-state index in [9.17, 15) is 0 Å². The maximum atomic E-state index is 6.19. The van der Waals surface area contributed by atoms with E-state index < -0.39 is 0 Å². The summed E-state index contributed by atoms with van der Waals surface area (Å²) in [6.07, 6.45) is 4.97. The highest BCUT2D eigenvalue weighted by atomic mass is 35.5. The Morgan fingerprint density at radius 1 is 1.25 bits per heavy atom. The van der Waals surface area contributed by atoms with Gasteiger partial charge in [-0.15, -0.1) is 0 Å². The molecule has 3 N–H and O–H groups in total. The summed E-state index contributed by atoms with van der Waals surface area (Å²) in [5.41, 5.74) is 3.90. The molecule has 0 bridgehead atoms. The Morgan fingerprint density at radius 3 is 2.56 bits per heavy atom. The highest BCUT2D eigenvalue weighted by Gasteiger charge is 2.26. The number of hydrazine groups is 1. The summed E-state index contributed by atoms with van der Waals surface area (Å²) in [5, 5.41) is 1.44. The summed E-state index contributed by atoms with van der Waals surface area (Å²) in [4.78, 5) is 0. The number of halogens is 2. The molecule has 1 atom stereocenters. The van der Waals surface area contributed by atoms with Gasteiger partial charge in [0.05, 0.1) is 6.04 Å². The maximum absolute atomic E-state index is 6.19. The van der Waals surface area contributed by atoms with Crippen LogP contribution >= 0.6 is 23.2 Å². The first-order chi connectivity index (χ1) is 7.72. The van der Waals surface area contributed by atoms with Crippen LogP contribution < -0.4 is 11.3 Å². The first-order valence-corrected chi connectivity index (χ1v) is 6.39. The van der Waals surface area contributed by atoms with Crippen molar-refractivity contribution < 1.29 is 0 Å². The van der Waals surface area contributed by atoms with Crippen LogP contribution in [0.4, 0.5) is 0 Å². The summed E-state index contributed by atoms with van der Waals surface area (Å²) >= 11 is 12.2. The lowest BCUT2D eigenvalue weighted by atomic mass is 9.92. The summed E-state index contributed by atoms with van der Waals surface area (Å²) in [6, 6.07) is 5.66. The van der Waals surface area contributed by atoms with Gasteiger partial charge in [0.25, 0.3) is 0 Å². The number of nitrogens with one attached hydrogen (secondary N) is 1. The highest BCUT2D eigenvalue weighted by Crippen LogP contribution is 2.38. The largest absolute Gasteiger partial charge is 0.271 e. The molecule has 4 heteroatoms. The molecule has 1 aromatic rings. The van der Waals surface area contributed by atoms with E-state index in [4.69, 9.17) is 29.0 Å². The van der Waals surface area contributed by atoms with Gasteiger partial charge in [0, 0.05) is 10.0 Å². The van der Waals surface area contributed by atoms with Gasteiger partial charge in [0.2, 0.25) is 0 Å². The van der Waals surface area contributed by atoms with Crippen LogP contribution in [0.5, 0.6) is 0 Å². The topological polar surface area (TPSA) is 38.0 Å². The second-order valence-electron chi connectivity index (χ2n) is 4.35. The molecule has 1 fully saturated rings. The quantitative estimate of drug-likeness (QED) is 0.641. The van der Waals surface area contributed by atoms with E-state index in [1.54, 1.807) is 6.07 Å². The molecule has 0 spiro atoms. The molecule has 1 aliphatic carbocycles. The fourth-order valence-corrected chi connectivity index (χ4v) is 2.94. The third kappa shape index (κ3) is 2.51. The zero-order chi connectivity index (χ0) is 11.5. The van der Waals surface area contributed by atoms with E-state index in [2.05, 4.69) is 5.43 Å². The van der Waals surface area contributed by atoms with Crippen molar-refractivity contribution >= 4 is 23.2 Å². The molecule has 88 valence electrons. The molecular formula is C12H16Cl2N2. The fraction of sp³-hybridized carbons (Fsp3) is 0.500. The molecule has 2 rings (SSSR count). The second kappa shape index (κ2) is 5.37. The van der Waals surface area contributed by atoms with Crippen molar-refractivity contribution in [2.24, 2.45) is 11.8 Å². The Balaban J connectivity index is 2.28. The van der Waals surface area contributed by atoms with Crippen molar-refractivity contribution in [3.63, 3.8) is 0 Å². The third-order valence-electron chi connectivity index (χ3n) is 3.34. The molecule has 0 radical (unpaired) electrons. The van der Waals surface area contributed by atoms with Gasteiger partial charge in [0.15, 0.2) is 0 Å². The average molecular weight is 259 g/mol. The molecule has 0 aromatic heterocycles. The Hall–Kier alpha value is -0.280. The van der Waals surface area contributed by atoms with Crippen LogP contribution in [0.2, 0.25) is 10.0 Å². The van der Waals surface area contributed by atoms with Crippen molar-refractivity contribution in [2.45, 2.75) is 31.7 Å². The van der Waals surface area contributed by atoms with Crippen molar-refractivity contribution in [3.05, 3.63) is 33.8 Å². The van der Waals surface area contributed by atoms with Gasteiger partial charge in [-0.2, -0.15) is 0 Å². The lowest BCUT2D eigenvalue weighted by molar-refractivity contribution is 0.373. The smallest absolute Gasteiger partial charge is 0.0503 e. The van der Waals surface area contributed by atoms with Crippen molar-refractivity contribution in [1.82, 2.24) is 5.43 Å². The standard InChI is InChI=1S/C12H16Cl2N2/c13-9-5-6-11(14)10(7-9)12(16-15)8-3-1-2-4-8/h5-8,12,16H,1-4,15H2. The zero-order valence-corrected chi connectivity index (χ0v) is 10.6. The molecule has 0 aliphatic heterocycles. The van der Waals surface area contributed by atoms with E-state index in [0.29, 0.717) is 10.9 Å². The summed E-state index contributed by atoms with van der Waals surface area (Å²) in [5.74, 6) is 6.22. The van der Waals surface area contributed by atoms with Crippen molar-refractivity contribution in [2.75, 3.05) is 0 Å². The van der Waals surface area contributed by atoms with E-state index >= 15 is 0 Å². The average Bonchev–Trinajstić information content (AvgIpc) is 2.78. The van der Waals surface area contributed by atoms with Crippen molar-refractivity contribution in [1.29, 1.82) is 0 Å². The minimum absolute atomic E-state index is 0.119. The minimum atomic E-state index is 0.119. The van der Waals surface area contributed by atoms with E-state index in [1.807, 2.05) is 12.1 Å². The van der Waals surface area contributed by atoms with Gasteiger partial charge in [0.1, 0.15) is 0 Å². The minimum Gasteiger partial charge on any atom is -0.271 e. The maximum Gasteiger partial charge on any atom is 0.0503 e. The number of nitrogens with two attached hydrogens (primary N) is 1. The molecule has 16 heavy (non-hydrogen) atoms. The first kappa shape index (κ1) is 12.2. The molecular weight excluding hydrogens is 243 g/mol. The number of hydrogen-bond acceptors (Lipinski definition) is 2. The van der Waals surface area contributed by atoms with Crippen LogP contribution in [-0.2, 0) is 0 Å². The lowest BCUT2D eigenvalue weighted by Crippen LogP contribution is -2.32. The zero-order valence-electron chi connectivity index (χ0n) is 9.05. The molecule has 0 amide bonds. The van der Waals surface area contributed by atoms with Crippen LogP contribution in [0, 0.1) is 5.92 Å². The molecule has 0 saturated heterocycles. The summed E-state index contributed by atoms with van der Waals surface area (Å²) < 4.78 is 0. The van der Waals surface area contributed by atoms with Gasteiger partial charge in [-0.3, -0.25) is 11.3 Å². The Kier molecular flexibility index (Phi) is 4.09. The molecule has 1 aliphatic rings. The predicted octanol–water partition coefficient (Wildman–Crippen LogP) is 3.69.